The molecule has 0 saturated carbocycles. The van der Waals surface area contributed by atoms with Crippen LogP contribution in [0.15, 0.2) is 54.6 Å². The largest absolute Gasteiger partial charge is 0.497 e. The summed E-state index contributed by atoms with van der Waals surface area (Å²) in [6.45, 7) is 3.12. The first kappa shape index (κ1) is 16.9. The van der Waals surface area contributed by atoms with Crippen molar-refractivity contribution in [2.75, 3.05) is 38.3 Å². The maximum atomic E-state index is 5.51. The maximum Gasteiger partial charge on any atom is 0.137 e. The average Bonchev–Trinajstić information content (AvgIpc) is 2.79. The summed E-state index contributed by atoms with van der Waals surface area (Å²) in [5.41, 5.74) is 3.45. The van der Waals surface area contributed by atoms with Crippen LogP contribution in [0.2, 0.25) is 0 Å². The van der Waals surface area contributed by atoms with Crippen LogP contribution in [-0.2, 0) is 4.74 Å². The molecule has 0 aliphatic carbocycles. The summed E-state index contributed by atoms with van der Waals surface area (Å²) in [4.78, 5) is 7.28. The molecule has 0 atom stereocenters. The van der Waals surface area contributed by atoms with Crippen molar-refractivity contribution in [1.82, 2.24) is 15.2 Å². The van der Waals surface area contributed by atoms with Gasteiger partial charge in [0.1, 0.15) is 17.1 Å². The van der Waals surface area contributed by atoms with Crippen LogP contribution in [0.1, 0.15) is 0 Å². The fraction of sp³-hybridized carbons (Fsp3) is 0.227. The van der Waals surface area contributed by atoms with Crippen molar-refractivity contribution in [2.45, 2.75) is 0 Å². The standard InChI is InChI=1S/C22H20N4O2/c1-27-16-8-6-15(7-9-16)19-14-20-21(25-24-19)17-4-2-3-5-18(17)22(23-20)26-10-12-28-13-11-26/h2-9,14H,10-13H2,1H3. The molecule has 0 spiro atoms. The zero-order valence-electron chi connectivity index (χ0n) is 15.6. The number of pyridine rings is 1. The van der Waals surface area contributed by atoms with Gasteiger partial charge in [-0.15, -0.1) is 10.2 Å². The van der Waals surface area contributed by atoms with Gasteiger partial charge in [-0.3, -0.25) is 0 Å². The highest BCUT2D eigenvalue weighted by Crippen LogP contribution is 2.32. The summed E-state index contributed by atoms with van der Waals surface area (Å²) in [5.74, 6) is 1.80. The van der Waals surface area contributed by atoms with Crippen molar-refractivity contribution in [1.29, 1.82) is 0 Å². The molecule has 140 valence electrons. The maximum absolute atomic E-state index is 5.51. The third-order valence-electron chi connectivity index (χ3n) is 5.12. The fourth-order valence-electron chi connectivity index (χ4n) is 3.64. The molecule has 1 aliphatic heterocycles. The number of nitrogens with zero attached hydrogens (tertiary/aromatic N) is 4. The van der Waals surface area contributed by atoms with E-state index in [0.717, 1.165) is 70.9 Å². The number of morpholine rings is 1. The summed E-state index contributed by atoms with van der Waals surface area (Å²) in [6.07, 6.45) is 0. The molecular formula is C22H20N4O2. The molecule has 6 nitrogen and oxygen atoms in total. The molecule has 2 aromatic heterocycles. The van der Waals surface area contributed by atoms with Gasteiger partial charge >= 0.3 is 0 Å². The molecule has 1 fully saturated rings. The summed E-state index contributed by atoms with van der Waals surface area (Å²) in [7, 11) is 1.66. The minimum absolute atomic E-state index is 0.722. The molecule has 0 N–H and O–H groups in total. The number of hydrogen-bond acceptors (Lipinski definition) is 6. The Hall–Kier alpha value is -3.25. The molecule has 1 aliphatic rings. The Morgan fingerprint density at radius 1 is 0.929 bits per heavy atom. The van der Waals surface area contributed by atoms with Crippen LogP contribution >= 0.6 is 0 Å². The highest BCUT2D eigenvalue weighted by molar-refractivity contribution is 6.08. The predicted octanol–water partition coefficient (Wildman–Crippen LogP) is 3.69. The summed E-state index contributed by atoms with van der Waals surface area (Å²) >= 11 is 0. The Bertz CT molecular complexity index is 1140. The van der Waals surface area contributed by atoms with E-state index in [1.807, 2.05) is 42.5 Å². The number of fused-ring (bicyclic) bond motifs is 3. The van der Waals surface area contributed by atoms with Gasteiger partial charge in [0.05, 0.1) is 31.5 Å². The van der Waals surface area contributed by atoms with E-state index < -0.39 is 0 Å². The van der Waals surface area contributed by atoms with Crippen LogP contribution in [0.25, 0.3) is 33.1 Å². The lowest BCUT2D eigenvalue weighted by Gasteiger charge is -2.29. The molecule has 0 amide bonds. The van der Waals surface area contributed by atoms with Gasteiger partial charge in [-0.1, -0.05) is 24.3 Å². The van der Waals surface area contributed by atoms with Gasteiger partial charge in [-0.25, -0.2) is 4.98 Å². The Kier molecular flexibility index (Phi) is 4.25. The Morgan fingerprint density at radius 3 is 2.43 bits per heavy atom. The number of ether oxygens (including phenoxy) is 2. The molecule has 0 radical (unpaired) electrons. The Morgan fingerprint density at radius 2 is 1.68 bits per heavy atom. The first-order valence-corrected chi connectivity index (χ1v) is 9.37. The zero-order valence-corrected chi connectivity index (χ0v) is 15.6. The van der Waals surface area contributed by atoms with Crippen molar-refractivity contribution in [3.05, 3.63) is 54.6 Å². The van der Waals surface area contributed by atoms with Crippen molar-refractivity contribution < 1.29 is 9.47 Å². The van der Waals surface area contributed by atoms with Crippen LogP contribution in [0, 0.1) is 0 Å². The zero-order chi connectivity index (χ0) is 18.9. The van der Waals surface area contributed by atoms with E-state index in [0.29, 0.717) is 0 Å². The van der Waals surface area contributed by atoms with E-state index in [-0.39, 0.29) is 0 Å². The quantitative estimate of drug-likeness (QED) is 0.511. The number of anilines is 1. The van der Waals surface area contributed by atoms with Crippen LogP contribution in [0.5, 0.6) is 5.75 Å². The fourth-order valence-corrected chi connectivity index (χ4v) is 3.64. The minimum atomic E-state index is 0.722. The van der Waals surface area contributed by atoms with Crippen molar-refractivity contribution in [3.8, 4) is 17.0 Å². The second kappa shape index (κ2) is 7.05. The van der Waals surface area contributed by atoms with Gasteiger partial charge in [0.2, 0.25) is 0 Å². The van der Waals surface area contributed by atoms with Gasteiger partial charge in [0, 0.05) is 29.4 Å². The van der Waals surface area contributed by atoms with Gasteiger partial charge in [-0.2, -0.15) is 0 Å². The van der Waals surface area contributed by atoms with Crippen LogP contribution in [0.3, 0.4) is 0 Å². The van der Waals surface area contributed by atoms with Gasteiger partial charge < -0.3 is 14.4 Å². The summed E-state index contributed by atoms with van der Waals surface area (Å²) in [6, 6.07) is 18.1. The smallest absolute Gasteiger partial charge is 0.137 e. The lowest BCUT2D eigenvalue weighted by molar-refractivity contribution is 0.122. The average molecular weight is 372 g/mol. The molecule has 2 aromatic carbocycles. The second-order valence-corrected chi connectivity index (χ2v) is 6.77. The first-order chi connectivity index (χ1) is 13.8. The van der Waals surface area contributed by atoms with Crippen LogP contribution in [0.4, 0.5) is 5.82 Å². The van der Waals surface area contributed by atoms with E-state index in [4.69, 9.17) is 14.5 Å². The normalized spacial score (nSPS) is 14.5. The molecule has 0 unspecified atom stereocenters. The van der Waals surface area contributed by atoms with Crippen molar-refractivity contribution in [3.63, 3.8) is 0 Å². The van der Waals surface area contributed by atoms with Crippen LogP contribution < -0.4 is 9.64 Å². The Balaban J connectivity index is 1.68. The SMILES string of the molecule is COc1ccc(-c2cc3nc(N4CCOCC4)c4ccccc4c3nn2)cc1. The lowest BCUT2D eigenvalue weighted by Crippen LogP contribution is -2.36. The highest BCUT2D eigenvalue weighted by Gasteiger charge is 2.18. The number of hydrogen-bond donors (Lipinski definition) is 0. The lowest BCUT2D eigenvalue weighted by atomic mass is 10.1. The number of aromatic nitrogens is 3. The number of rotatable bonds is 3. The number of methoxy groups -OCH3 is 1. The van der Waals surface area contributed by atoms with E-state index in [9.17, 15) is 0 Å². The predicted molar refractivity (Wildman–Crippen MR) is 110 cm³/mol. The minimum Gasteiger partial charge on any atom is -0.497 e. The molecule has 4 aromatic rings. The molecule has 5 rings (SSSR count). The number of benzene rings is 2. The highest BCUT2D eigenvalue weighted by atomic mass is 16.5. The monoisotopic (exact) mass is 372 g/mol. The second-order valence-electron chi connectivity index (χ2n) is 6.77. The van der Waals surface area contributed by atoms with E-state index in [2.05, 4.69) is 27.2 Å². The summed E-state index contributed by atoms with van der Waals surface area (Å²) in [5, 5.41) is 11.2. The molecular weight excluding hydrogens is 352 g/mol. The van der Waals surface area contributed by atoms with Crippen LogP contribution in [-0.4, -0.2) is 48.6 Å². The topological polar surface area (TPSA) is 60.4 Å². The van der Waals surface area contributed by atoms with Gasteiger partial charge in [-0.05, 0) is 30.3 Å². The molecule has 3 heterocycles. The van der Waals surface area contributed by atoms with E-state index in [1.54, 1.807) is 7.11 Å². The van der Waals surface area contributed by atoms with E-state index >= 15 is 0 Å². The molecule has 6 heteroatoms. The Labute approximate surface area is 162 Å². The third kappa shape index (κ3) is 2.92. The van der Waals surface area contributed by atoms with Gasteiger partial charge in [0.15, 0.2) is 0 Å². The van der Waals surface area contributed by atoms with Crippen molar-refractivity contribution >= 4 is 27.6 Å². The molecule has 28 heavy (non-hydrogen) atoms. The molecule has 0 bridgehead atoms. The van der Waals surface area contributed by atoms with Gasteiger partial charge in [0.25, 0.3) is 0 Å². The third-order valence-corrected chi connectivity index (χ3v) is 5.12. The van der Waals surface area contributed by atoms with E-state index in [1.165, 1.54) is 0 Å². The first-order valence-electron chi connectivity index (χ1n) is 9.37. The van der Waals surface area contributed by atoms with Crippen molar-refractivity contribution in [2.24, 2.45) is 0 Å². The molecule has 1 saturated heterocycles. The summed E-state index contributed by atoms with van der Waals surface area (Å²) < 4.78 is 10.8.